The second-order valence-corrected chi connectivity index (χ2v) is 20.7. The number of thiophene rings is 6. The van der Waals surface area contributed by atoms with Crippen molar-refractivity contribution in [3.8, 4) is 71.4 Å². The molecule has 2 aliphatic carbocycles. The molecular weight excluding hydrogens is 745 g/mol. The standard InChI is InChI=1S/C42H30O3S6/c1-19(43)29-14-24-34(32-17-27-38(49-32)36-25(41(27,2)3)15-30(47-36)20-6-10-22(44)11-7-20)51-40(35(24)46-29)33-18-28-39(50-33)37-26(42(28,4)5)16-31(48-37)21-8-12-23(45)13-9-21/h6-18,44-45H,1-5H3. The van der Waals surface area contributed by atoms with E-state index in [-0.39, 0.29) is 28.1 Å². The van der Waals surface area contributed by atoms with Crippen LogP contribution in [0.4, 0.5) is 0 Å². The summed E-state index contributed by atoms with van der Waals surface area (Å²) >= 11 is 10.9. The second kappa shape index (κ2) is 10.9. The molecule has 0 saturated heterocycles. The van der Waals surface area contributed by atoms with Gasteiger partial charge in [-0.3, -0.25) is 4.79 Å². The monoisotopic (exact) mass is 774 g/mol. The van der Waals surface area contributed by atoms with Gasteiger partial charge < -0.3 is 10.2 Å². The fourth-order valence-corrected chi connectivity index (χ4v) is 16.0. The maximum atomic E-state index is 12.8. The summed E-state index contributed by atoms with van der Waals surface area (Å²) in [5.41, 5.74) is 7.48. The molecular formula is C42H30O3S6. The summed E-state index contributed by atoms with van der Waals surface area (Å²) in [4.78, 5) is 26.4. The number of hydrogen-bond donors (Lipinski definition) is 2. The maximum absolute atomic E-state index is 12.8. The van der Waals surface area contributed by atoms with E-state index in [2.05, 4.69) is 58.0 Å². The van der Waals surface area contributed by atoms with E-state index in [0.29, 0.717) is 0 Å². The normalized spacial score (nSPS) is 14.9. The molecule has 0 fully saturated rings. The Kier molecular flexibility index (Phi) is 6.78. The molecule has 0 spiro atoms. The van der Waals surface area contributed by atoms with Crippen LogP contribution in [0, 0.1) is 0 Å². The van der Waals surface area contributed by atoms with E-state index in [4.69, 9.17) is 0 Å². The Bertz CT molecular complexity index is 2560. The van der Waals surface area contributed by atoms with Crippen molar-refractivity contribution in [3.05, 3.63) is 106 Å². The lowest BCUT2D eigenvalue weighted by Crippen LogP contribution is -2.13. The van der Waals surface area contributed by atoms with Crippen LogP contribution in [0.1, 0.15) is 66.5 Å². The Morgan fingerprint density at radius 1 is 0.490 bits per heavy atom. The van der Waals surface area contributed by atoms with E-state index in [1.54, 1.807) is 42.5 Å². The molecule has 2 aliphatic rings. The molecule has 0 amide bonds. The molecule has 0 unspecified atom stereocenters. The van der Waals surface area contributed by atoms with Crippen molar-refractivity contribution in [3.63, 3.8) is 0 Å². The highest BCUT2D eigenvalue weighted by Gasteiger charge is 2.42. The number of carbonyl (C=O) groups excluding carboxylic acids is 1. The van der Waals surface area contributed by atoms with E-state index in [9.17, 15) is 15.0 Å². The predicted octanol–water partition coefficient (Wildman–Crippen LogP) is 14.1. The summed E-state index contributed by atoms with van der Waals surface area (Å²) in [7, 11) is 0. The van der Waals surface area contributed by atoms with Crippen molar-refractivity contribution in [1.82, 2.24) is 0 Å². The van der Waals surface area contributed by atoms with Gasteiger partial charge in [0, 0.05) is 55.2 Å². The molecule has 252 valence electrons. The first-order valence-electron chi connectivity index (χ1n) is 16.6. The van der Waals surface area contributed by atoms with E-state index >= 15 is 0 Å². The van der Waals surface area contributed by atoms with Crippen molar-refractivity contribution in [2.75, 3.05) is 0 Å². The molecule has 0 saturated carbocycles. The summed E-state index contributed by atoms with van der Waals surface area (Å²) in [6, 6.07) is 26.6. The molecule has 10 rings (SSSR count). The van der Waals surface area contributed by atoms with Gasteiger partial charge in [-0.2, -0.15) is 0 Å². The molecule has 8 aromatic rings. The number of fused-ring (bicyclic) bond motifs is 7. The Hall–Kier alpha value is -3.83. The van der Waals surface area contributed by atoms with Gasteiger partial charge in [-0.05, 0) is 119 Å². The van der Waals surface area contributed by atoms with Crippen molar-refractivity contribution >= 4 is 83.9 Å². The van der Waals surface area contributed by atoms with Gasteiger partial charge in [0.2, 0.25) is 0 Å². The Morgan fingerprint density at radius 3 is 1.31 bits per heavy atom. The molecule has 0 atom stereocenters. The number of hydrogen-bond acceptors (Lipinski definition) is 9. The topological polar surface area (TPSA) is 57.5 Å². The van der Waals surface area contributed by atoms with Gasteiger partial charge in [-0.15, -0.1) is 68.0 Å². The lowest BCUT2D eigenvalue weighted by molar-refractivity contribution is 0.102. The molecule has 2 N–H and O–H groups in total. The summed E-state index contributed by atoms with van der Waals surface area (Å²) < 4.78 is 1.20. The van der Waals surface area contributed by atoms with Crippen molar-refractivity contribution in [2.45, 2.75) is 45.4 Å². The highest BCUT2D eigenvalue weighted by atomic mass is 32.1. The smallest absolute Gasteiger partial charge is 0.169 e. The molecule has 0 aliphatic heterocycles. The van der Waals surface area contributed by atoms with Gasteiger partial charge in [-0.25, -0.2) is 0 Å². The molecule has 2 aromatic carbocycles. The molecule has 0 radical (unpaired) electrons. The number of rotatable bonds is 5. The van der Waals surface area contributed by atoms with Gasteiger partial charge in [0.1, 0.15) is 11.5 Å². The van der Waals surface area contributed by atoms with Crippen molar-refractivity contribution in [1.29, 1.82) is 0 Å². The summed E-state index contributed by atoms with van der Waals surface area (Å²) in [5.74, 6) is 0.671. The van der Waals surface area contributed by atoms with Gasteiger partial charge >= 0.3 is 0 Å². The van der Waals surface area contributed by atoms with E-state index < -0.39 is 0 Å². The average molecular weight is 775 g/mol. The quantitative estimate of drug-likeness (QED) is 0.171. The zero-order valence-corrected chi connectivity index (χ0v) is 33.2. The Labute approximate surface area is 319 Å². The fourth-order valence-electron chi connectivity index (χ4n) is 7.60. The van der Waals surface area contributed by atoms with Crippen LogP contribution in [0.3, 0.4) is 0 Å². The summed E-state index contributed by atoms with van der Waals surface area (Å²) in [5, 5.41) is 20.9. The van der Waals surface area contributed by atoms with Crippen molar-refractivity contribution in [2.24, 2.45) is 0 Å². The Balaban J connectivity index is 1.09. The molecule has 6 heterocycles. The molecule has 6 aromatic heterocycles. The minimum Gasteiger partial charge on any atom is -0.508 e. The number of aromatic hydroxyl groups is 2. The van der Waals surface area contributed by atoms with Crippen LogP contribution in [0.25, 0.3) is 70.0 Å². The average Bonchev–Trinajstić information content (AvgIpc) is 3.93. The van der Waals surface area contributed by atoms with E-state index in [1.165, 1.54) is 81.1 Å². The molecule has 0 bridgehead atoms. The van der Waals surface area contributed by atoms with Gasteiger partial charge in [0.25, 0.3) is 0 Å². The van der Waals surface area contributed by atoms with Crippen LogP contribution >= 0.6 is 68.0 Å². The van der Waals surface area contributed by atoms with Crippen LogP contribution in [0.15, 0.2) is 78.9 Å². The first kappa shape index (κ1) is 31.9. The van der Waals surface area contributed by atoms with Crippen LogP contribution in [0.5, 0.6) is 11.5 Å². The highest BCUT2D eigenvalue weighted by Crippen LogP contribution is 2.62. The zero-order valence-electron chi connectivity index (χ0n) is 28.3. The molecule has 3 nitrogen and oxygen atoms in total. The first-order valence-corrected chi connectivity index (χ1v) is 21.5. The number of benzene rings is 2. The highest BCUT2D eigenvalue weighted by molar-refractivity contribution is 7.34. The number of phenols is 2. The van der Waals surface area contributed by atoms with Gasteiger partial charge in [0.15, 0.2) is 5.78 Å². The maximum Gasteiger partial charge on any atom is 0.169 e. The lowest BCUT2D eigenvalue weighted by Gasteiger charge is -2.19. The van der Waals surface area contributed by atoms with Crippen LogP contribution < -0.4 is 0 Å². The minimum absolute atomic E-state index is 0.109. The third-order valence-corrected chi connectivity index (χ3v) is 18.4. The second-order valence-electron chi connectivity index (χ2n) is 14.4. The number of ketones is 1. The molecule has 51 heavy (non-hydrogen) atoms. The molecule has 9 heteroatoms. The predicted molar refractivity (Wildman–Crippen MR) is 221 cm³/mol. The van der Waals surface area contributed by atoms with Crippen molar-refractivity contribution < 1.29 is 15.0 Å². The van der Waals surface area contributed by atoms with Gasteiger partial charge in [0.05, 0.1) is 19.3 Å². The summed E-state index contributed by atoms with van der Waals surface area (Å²) in [6.45, 7) is 11.0. The summed E-state index contributed by atoms with van der Waals surface area (Å²) in [6.07, 6.45) is 0. The number of phenolic OH excluding ortho intramolecular Hbond substituents is 2. The first-order chi connectivity index (χ1) is 24.4. The number of Topliss-reactive ketones (excluding diaryl/α,β-unsaturated/α-hetero) is 1. The van der Waals surface area contributed by atoms with Crippen LogP contribution in [0.2, 0.25) is 0 Å². The van der Waals surface area contributed by atoms with E-state index in [1.807, 2.05) is 80.9 Å². The third-order valence-electron chi connectivity index (χ3n) is 10.5. The number of carbonyl (C=O) groups is 1. The third kappa shape index (κ3) is 4.58. The van der Waals surface area contributed by atoms with E-state index in [0.717, 1.165) is 16.0 Å². The van der Waals surface area contributed by atoms with Gasteiger partial charge in [-0.1, -0.05) is 27.7 Å². The zero-order chi connectivity index (χ0) is 35.1. The van der Waals surface area contributed by atoms with Crippen LogP contribution in [-0.2, 0) is 10.8 Å². The Morgan fingerprint density at radius 2 is 0.882 bits per heavy atom. The SMILES string of the molecule is CC(=O)c1cc2c(-c3cc4c(s3)-c3sc(-c5ccc(O)cc5)cc3C4(C)C)sc(-c3cc4c(s3)-c3sc(-c5ccc(O)cc5)cc3C4(C)C)c2s1. The fraction of sp³-hybridized carbons (Fsp3) is 0.167. The van der Waals surface area contributed by atoms with Crippen LogP contribution in [-0.4, -0.2) is 16.0 Å². The largest absolute Gasteiger partial charge is 0.508 e. The lowest BCUT2D eigenvalue weighted by atomic mass is 9.83. The minimum atomic E-state index is -0.124.